The van der Waals surface area contributed by atoms with Crippen LogP contribution in [0.1, 0.15) is 20.3 Å². The minimum absolute atomic E-state index is 0.386. The van der Waals surface area contributed by atoms with Crippen molar-refractivity contribution in [3.8, 4) is 0 Å². The first-order valence-corrected chi connectivity index (χ1v) is 4.53. The maximum Gasteiger partial charge on any atom is 0.156 e. The van der Waals surface area contributed by atoms with Gasteiger partial charge >= 0.3 is 0 Å². The van der Waals surface area contributed by atoms with E-state index in [9.17, 15) is 4.21 Å². The fourth-order valence-electron chi connectivity index (χ4n) is 0.841. The van der Waals surface area contributed by atoms with Crippen LogP contribution in [0, 0.1) is 0 Å². The number of rotatable bonds is 0. The van der Waals surface area contributed by atoms with E-state index in [2.05, 4.69) is 6.58 Å². The summed E-state index contributed by atoms with van der Waals surface area (Å²) in [5.74, 6) is 0.599. The number of hydrogen-bond donors (Lipinski definition) is 0. The minimum Gasteiger partial charge on any atom is -0.280 e. The molecule has 3 heteroatoms. The van der Waals surface area contributed by atoms with E-state index in [0.29, 0.717) is 5.75 Å². The van der Waals surface area contributed by atoms with Crippen LogP contribution in [0.2, 0.25) is 0 Å². The van der Waals surface area contributed by atoms with Crippen molar-refractivity contribution in [2.24, 2.45) is 0 Å². The molecule has 1 saturated heterocycles. The van der Waals surface area contributed by atoms with E-state index in [1.54, 1.807) is 0 Å². The van der Waals surface area contributed by atoms with Gasteiger partial charge in [0.15, 0.2) is 11.1 Å². The maximum absolute atomic E-state index is 10.9. The van der Waals surface area contributed by atoms with Gasteiger partial charge in [0.1, 0.15) is 5.60 Å². The molecule has 10 heavy (non-hydrogen) atoms. The SMILES string of the molecule is C=C1CCS(=O)OC1(C)C. The van der Waals surface area contributed by atoms with E-state index in [4.69, 9.17) is 4.18 Å². The second-order valence-electron chi connectivity index (χ2n) is 2.96. The highest BCUT2D eigenvalue weighted by atomic mass is 32.2. The zero-order valence-corrected chi connectivity index (χ0v) is 7.16. The van der Waals surface area contributed by atoms with Crippen molar-refractivity contribution in [2.45, 2.75) is 25.9 Å². The van der Waals surface area contributed by atoms with Gasteiger partial charge in [-0.05, 0) is 25.8 Å². The lowest BCUT2D eigenvalue weighted by atomic mass is 9.98. The predicted molar refractivity (Wildman–Crippen MR) is 41.9 cm³/mol. The summed E-state index contributed by atoms with van der Waals surface area (Å²) < 4.78 is 16.0. The van der Waals surface area contributed by atoms with Crippen molar-refractivity contribution < 1.29 is 8.39 Å². The van der Waals surface area contributed by atoms with Crippen LogP contribution in [-0.4, -0.2) is 15.6 Å². The third-order valence-corrected chi connectivity index (χ3v) is 2.86. The molecule has 1 atom stereocenters. The first-order valence-electron chi connectivity index (χ1n) is 3.28. The van der Waals surface area contributed by atoms with Gasteiger partial charge in [0, 0.05) is 0 Å². The Balaban J connectivity index is 2.73. The Morgan fingerprint density at radius 1 is 1.70 bits per heavy atom. The fraction of sp³-hybridized carbons (Fsp3) is 0.714. The highest BCUT2D eigenvalue weighted by molar-refractivity contribution is 7.80. The van der Waals surface area contributed by atoms with Crippen molar-refractivity contribution in [1.82, 2.24) is 0 Å². The highest BCUT2D eigenvalue weighted by Crippen LogP contribution is 2.27. The Hall–Kier alpha value is -0.150. The lowest BCUT2D eigenvalue weighted by molar-refractivity contribution is 0.158. The zero-order chi connectivity index (χ0) is 7.78. The van der Waals surface area contributed by atoms with E-state index in [1.165, 1.54) is 0 Å². The molecule has 1 aliphatic rings. The quantitative estimate of drug-likeness (QED) is 0.501. The molecule has 1 aliphatic heterocycles. The molecule has 58 valence electrons. The second-order valence-corrected chi connectivity index (χ2v) is 4.14. The van der Waals surface area contributed by atoms with Crippen LogP contribution in [0.4, 0.5) is 0 Å². The van der Waals surface area contributed by atoms with Gasteiger partial charge in [0.2, 0.25) is 0 Å². The van der Waals surface area contributed by atoms with Crippen molar-refractivity contribution in [1.29, 1.82) is 0 Å². The van der Waals surface area contributed by atoms with Gasteiger partial charge in [-0.15, -0.1) is 0 Å². The molecular weight excluding hydrogens is 148 g/mol. The van der Waals surface area contributed by atoms with E-state index in [0.717, 1.165) is 12.0 Å². The van der Waals surface area contributed by atoms with Gasteiger partial charge in [-0.25, -0.2) is 4.21 Å². The summed E-state index contributed by atoms with van der Waals surface area (Å²) in [6, 6.07) is 0. The Kier molecular flexibility index (Phi) is 1.97. The van der Waals surface area contributed by atoms with Gasteiger partial charge in [-0.2, -0.15) is 0 Å². The van der Waals surface area contributed by atoms with Gasteiger partial charge in [0.25, 0.3) is 0 Å². The molecule has 0 spiro atoms. The van der Waals surface area contributed by atoms with Crippen molar-refractivity contribution in [3.05, 3.63) is 12.2 Å². The Morgan fingerprint density at radius 2 is 2.30 bits per heavy atom. The van der Waals surface area contributed by atoms with Crippen LogP contribution in [0.5, 0.6) is 0 Å². The Labute approximate surface area is 63.9 Å². The summed E-state index contributed by atoms with van der Waals surface area (Å²) in [5.41, 5.74) is 0.649. The molecule has 0 aliphatic carbocycles. The standard InChI is InChI=1S/C7H12O2S/c1-6-4-5-10(8)9-7(6,2)3/h1,4-5H2,2-3H3. The van der Waals surface area contributed by atoms with Gasteiger partial charge in [-0.3, -0.25) is 4.18 Å². The fourth-order valence-corrected chi connectivity index (χ4v) is 1.92. The molecule has 0 aromatic rings. The largest absolute Gasteiger partial charge is 0.280 e. The molecule has 1 fully saturated rings. The summed E-state index contributed by atoms with van der Waals surface area (Å²) in [6.07, 6.45) is 0.819. The first-order chi connectivity index (χ1) is 4.52. The summed E-state index contributed by atoms with van der Waals surface area (Å²) in [6.45, 7) is 7.63. The molecular formula is C7H12O2S. The van der Waals surface area contributed by atoms with Crippen LogP contribution in [0.15, 0.2) is 12.2 Å². The Bertz CT molecular complexity index is 184. The summed E-state index contributed by atoms with van der Waals surface area (Å²) in [4.78, 5) is 0. The highest BCUT2D eigenvalue weighted by Gasteiger charge is 2.29. The van der Waals surface area contributed by atoms with E-state index in [1.807, 2.05) is 13.8 Å². The molecule has 1 unspecified atom stereocenters. The smallest absolute Gasteiger partial charge is 0.156 e. The second kappa shape index (κ2) is 2.47. The summed E-state index contributed by atoms with van der Waals surface area (Å²) >= 11 is -1.09. The third kappa shape index (κ3) is 1.47. The molecule has 0 N–H and O–H groups in total. The van der Waals surface area contributed by atoms with E-state index < -0.39 is 11.1 Å². The third-order valence-electron chi connectivity index (χ3n) is 1.72. The van der Waals surface area contributed by atoms with Gasteiger partial charge in [0.05, 0.1) is 5.75 Å². The van der Waals surface area contributed by atoms with Crippen LogP contribution in [-0.2, 0) is 15.3 Å². The van der Waals surface area contributed by atoms with Crippen molar-refractivity contribution in [3.63, 3.8) is 0 Å². The molecule has 0 saturated carbocycles. The topological polar surface area (TPSA) is 26.3 Å². The molecule has 2 nitrogen and oxygen atoms in total. The molecule has 0 bridgehead atoms. The molecule has 1 heterocycles. The van der Waals surface area contributed by atoms with Gasteiger partial charge in [-0.1, -0.05) is 6.58 Å². The average molecular weight is 160 g/mol. The average Bonchev–Trinajstić information content (AvgIpc) is 1.78. The molecule has 0 aromatic heterocycles. The van der Waals surface area contributed by atoms with E-state index in [-0.39, 0.29) is 5.60 Å². The maximum atomic E-state index is 10.9. The zero-order valence-electron chi connectivity index (χ0n) is 6.35. The van der Waals surface area contributed by atoms with Crippen molar-refractivity contribution in [2.75, 3.05) is 5.75 Å². The lowest BCUT2D eigenvalue weighted by Gasteiger charge is -2.30. The summed E-state index contributed by atoms with van der Waals surface area (Å²) in [7, 11) is 0. The number of hydrogen-bond acceptors (Lipinski definition) is 2. The molecule has 1 rings (SSSR count). The van der Waals surface area contributed by atoms with E-state index >= 15 is 0 Å². The van der Waals surface area contributed by atoms with Gasteiger partial charge < -0.3 is 0 Å². The predicted octanol–water partition coefficient (Wildman–Crippen LogP) is 1.41. The molecule has 0 aromatic carbocycles. The van der Waals surface area contributed by atoms with Crippen LogP contribution >= 0.6 is 0 Å². The van der Waals surface area contributed by atoms with Crippen LogP contribution in [0.3, 0.4) is 0 Å². The van der Waals surface area contributed by atoms with Crippen LogP contribution in [0.25, 0.3) is 0 Å². The Morgan fingerprint density at radius 3 is 2.70 bits per heavy atom. The van der Waals surface area contributed by atoms with Crippen LogP contribution < -0.4 is 0 Å². The first kappa shape index (κ1) is 7.95. The molecule has 0 amide bonds. The monoisotopic (exact) mass is 160 g/mol. The minimum atomic E-state index is -1.09. The summed E-state index contributed by atoms with van der Waals surface area (Å²) in [5, 5.41) is 0. The molecule has 0 radical (unpaired) electrons. The lowest BCUT2D eigenvalue weighted by Crippen LogP contribution is -2.33. The van der Waals surface area contributed by atoms with Crippen molar-refractivity contribution >= 4 is 11.1 Å². The normalized spacial score (nSPS) is 32.2.